The third-order valence-electron chi connectivity index (χ3n) is 4.92. The smallest absolute Gasteiger partial charge is 0.271 e. The van der Waals surface area contributed by atoms with Crippen LogP contribution in [0.1, 0.15) is 11.1 Å². The summed E-state index contributed by atoms with van der Waals surface area (Å²) in [6.45, 7) is 6.75. The van der Waals surface area contributed by atoms with Gasteiger partial charge < -0.3 is 5.32 Å². The van der Waals surface area contributed by atoms with Crippen molar-refractivity contribution in [3.63, 3.8) is 0 Å². The molecule has 7 nitrogen and oxygen atoms in total. The molecule has 28 heavy (non-hydrogen) atoms. The van der Waals surface area contributed by atoms with Gasteiger partial charge in [0.1, 0.15) is 0 Å². The molecule has 1 N–H and O–H groups in total. The fourth-order valence-corrected chi connectivity index (χ4v) is 3.47. The largest absolute Gasteiger partial charge is 0.324 e. The predicted molar refractivity (Wildman–Crippen MR) is 110 cm³/mol. The third kappa shape index (κ3) is 5.28. The van der Waals surface area contributed by atoms with Crippen molar-refractivity contribution in [2.75, 3.05) is 38.0 Å². The van der Waals surface area contributed by atoms with Crippen LogP contribution in [0.3, 0.4) is 0 Å². The third-order valence-corrected chi connectivity index (χ3v) is 5.24. The maximum Gasteiger partial charge on any atom is 0.271 e. The van der Waals surface area contributed by atoms with Gasteiger partial charge in [0, 0.05) is 44.9 Å². The maximum atomic E-state index is 12.3. The van der Waals surface area contributed by atoms with Gasteiger partial charge in [0.15, 0.2) is 0 Å². The lowest BCUT2D eigenvalue weighted by atomic mass is 10.1. The number of carbonyl (C=O) groups excluding carboxylic acids is 1. The second kappa shape index (κ2) is 9.14. The van der Waals surface area contributed by atoms with Gasteiger partial charge in [-0.05, 0) is 24.1 Å². The van der Waals surface area contributed by atoms with Crippen LogP contribution in [0.5, 0.6) is 0 Å². The van der Waals surface area contributed by atoms with Gasteiger partial charge >= 0.3 is 0 Å². The van der Waals surface area contributed by atoms with Gasteiger partial charge in [0.05, 0.1) is 22.2 Å². The standard InChI is InChI=1S/C20H23ClN4O3/c1-15-4-2-3-5-16(15)13-23-8-10-24(11-9-23)14-20(26)22-19-7-6-17(25(27)28)12-18(19)21/h2-7,12H,8-11,13-14H2,1H3,(H,22,26). The Hall–Kier alpha value is -2.48. The highest BCUT2D eigenvalue weighted by Crippen LogP contribution is 2.26. The molecule has 1 aliphatic heterocycles. The van der Waals surface area contributed by atoms with Gasteiger partial charge in [-0.1, -0.05) is 35.9 Å². The van der Waals surface area contributed by atoms with Gasteiger partial charge in [-0.25, -0.2) is 0 Å². The molecular weight excluding hydrogens is 380 g/mol. The number of halogens is 1. The molecule has 3 rings (SSSR count). The normalized spacial score (nSPS) is 15.4. The molecule has 0 spiro atoms. The van der Waals surface area contributed by atoms with Gasteiger partial charge in [-0.15, -0.1) is 0 Å². The molecule has 1 heterocycles. The van der Waals surface area contributed by atoms with Gasteiger partial charge in [-0.2, -0.15) is 0 Å². The number of hydrogen-bond acceptors (Lipinski definition) is 5. The van der Waals surface area contributed by atoms with E-state index in [1.54, 1.807) is 0 Å². The summed E-state index contributed by atoms with van der Waals surface area (Å²) in [5, 5.41) is 13.7. The average Bonchev–Trinajstić information content (AvgIpc) is 2.66. The summed E-state index contributed by atoms with van der Waals surface area (Å²) in [6, 6.07) is 12.4. The van der Waals surface area contributed by atoms with E-state index < -0.39 is 4.92 Å². The molecule has 2 aromatic carbocycles. The van der Waals surface area contributed by atoms with Crippen LogP contribution in [0.4, 0.5) is 11.4 Å². The van der Waals surface area contributed by atoms with Crippen molar-refractivity contribution >= 4 is 28.9 Å². The molecule has 0 bridgehead atoms. The zero-order valence-corrected chi connectivity index (χ0v) is 16.5. The first-order chi connectivity index (χ1) is 13.4. The molecule has 1 fully saturated rings. The van der Waals surface area contributed by atoms with Crippen LogP contribution in [-0.4, -0.2) is 53.4 Å². The summed E-state index contributed by atoms with van der Waals surface area (Å²) in [5.41, 5.74) is 2.91. The van der Waals surface area contributed by atoms with Crippen molar-refractivity contribution in [3.05, 3.63) is 68.7 Å². The van der Waals surface area contributed by atoms with Crippen molar-refractivity contribution in [2.45, 2.75) is 13.5 Å². The Morgan fingerprint density at radius 2 is 1.82 bits per heavy atom. The second-order valence-electron chi connectivity index (χ2n) is 6.95. The number of nitro benzene ring substituents is 1. The number of benzene rings is 2. The molecule has 0 aromatic heterocycles. The second-order valence-corrected chi connectivity index (χ2v) is 7.36. The molecule has 1 aliphatic rings. The molecule has 0 saturated carbocycles. The molecule has 1 amide bonds. The fraction of sp³-hybridized carbons (Fsp3) is 0.350. The number of piperazine rings is 1. The minimum absolute atomic E-state index is 0.104. The fourth-order valence-electron chi connectivity index (χ4n) is 3.25. The van der Waals surface area contributed by atoms with Crippen molar-refractivity contribution in [2.24, 2.45) is 0 Å². The van der Waals surface area contributed by atoms with Crippen molar-refractivity contribution in [1.29, 1.82) is 0 Å². The number of carbonyl (C=O) groups is 1. The van der Waals surface area contributed by atoms with Crippen LogP contribution in [0.2, 0.25) is 5.02 Å². The number of non-ortho nitro benzene ring substituents is 1. The summed E-state index contributed by atoms with van der Waals surface area (Å²) in [5.74, 6) is -0.178. The van der Waals surface area contributed by atoms with E-state index in [4.69, 9.17) is 11.6 Å². The highest BCUT2D eigenvalue weighted by atomic mass is 35.5. The Morgan fingerprint density at radius 3 is 2.46 bits per heavy atom. The SMILES string of the molecule is Cc1ccccc1CN1CCN(CC(=O)Nc2ccc([N+](=O)[O-])cc2Cl)CC1. The Labute approximate surface area is 169 Å². The van der Waals surface area contributed by atoms with Crippen LogP contribution in [0, 0.1) is 17.0 Å². The Morgan fingerprint density at radius 1 is 1.14 bits per heavy atom. The zero-order chi connectivity index (χ0) is 20.1. The predicted octanol–water partition coefficient (Wildman–Crippen LogP) is 3.31. The van der Waals surface area contributed by atoms with E-state index in [-0.39, 0.29) is 23.2 Å². The Bertz CT molecular complexity index is 866. The molecule has 0 radical (unpaired) electrons. The summed E-state index contributed by atoms with van der Waals surface area (Å²) in [7, 11) is 0. The van der Waals surface area contributed by atoms with E-state index in [1.807, 2.05) is 6.07 Å². The minimum Gasteiger partial charge on any atom is -0.324 e. The van der Waals surface area contributed by atoms with Crippen LogP contribution >= 0.6 is 11.6 Å². The number of rotatable bonds is 6. The van der Waals surface area contributed by atoms with Crippen molar-refractivity contribution in [1.82, 2.24) is 9.80 Å². The highest BCUT2D eigenvalue weighted by molar-refractivity contribution is 6.34. The lowest BCUT2D eigenvalue weighted by molar-refractivity contribution is -0.384. The minimum atomic E-state index is -0.520. The number of nitrogens with zero attached hydrogens (tertiary/aromatic N) is 3. The first-order valence-electron chi connectivity index (χ1n) is 9.15. The lowest BCUT2D eigenvalue weighted by Gasteiger charge is -2.34. The highest BCUT2D eigenvalue weighted by Gasteiger charge is 2.20. The number of aryl methyl sites for hydroxylation is 1. The summed E-state index contributed by atoms with van der Waals surface area (Å²) < 4.78 is 0. The van der Waals surface area contributed by atoms with E-state index in [2.05, 4.69) is 40.2 Å². The van der Waals surface area contributed by atoms with E-state index >= 15 is 0 Å². The van der Waals surface area contributed by atoms with Gasteiger partial charge in [-0.3, -0.25) is 24.7 Å². The summed E-state index contributed by atoms with van der Waals surface area (Å²) in [4.78, 5) is 27.0. The van der Waals surface area contributed by atoms with E-state index in [0.29, 0.717) is 5.69 Å². The van der Waals surface area contributed by atoms with E-state index in [9.17, 15) is 14.9 Å². The lowest BCUT2D eigenvalue weighted by Crippen LogP contribution is -2.48. The molecule has 0 atom stereocenters. The monoisotopic (exact) mass is 402 g/mol. The molecule has 0 aliphatic carbocycles. The van der Waals surface area contributed by atoms with E-state index in [0.717, 1.165) is 32.7 Å². The first-order valence-corrected chi connectivity index (χ1v) is 9.53. The Kier molecular flexibility index (Phi) is 6.61. The van der Waals surface area contributed by atoms with Crippen LogP contribution in [-0.2, 0) is 11.3 Å². The number of amides is 1. The quantitative estimate of drug-likeness (QED) is 0.592. The molecule has 0 unspecified atom stereocenters. The zero-order valence-electron chi connectivity index (χ0n) is 15.7. The van der Waals surface area contributed by atoms with Gasteiger partial charge in [0.2, 0.25) is 5.91 Å². The maximum absolute atomic E-state index is 12.3. The first kappa shape index (κ1) is 20.3. The van der Waals surface area contributed by atoms with Gasteiger partial charge in [0.25, 0.3) is 5.69 Å². The summed E-state index contributed by atoms with van der Waals surface area (Å²) in [6.07, 6.45) is 0. The number of nitro groups is 1. The molecule has 148 valence electrons. The van der Waals surface area contributed by atoms with Crippen molar-refractivity contribution < 1.29 is 9.72 Å². The van der Waals surface area contributed by atoms with Crippen molar-refractivity contribution in [3.8, 4) is 0 Å². The van der Waals surface area contributed by atoms with Crippen LogP contribution in [0.25, 0.3) is 0 Å². The average molecular weight is 403 g/mol. The van der Waals surface area contributed by atoms with Crippen LogP contribution in [0.15, 0.2) is 42.5 Å². The topological polar surface area (TPSA) is 78.7 Å². The number of anilines is 1. The molecule has 8 heteroatoms. The molecule has 1 saturated heterocycles. The molecular formula is C20H23ClN4O3. The summed E-state index contributed by atoms with van der Waals surface area (Å²) >= 11 is 6.03. The number of nitrogens with one attached hydrogen (secondary N) is 1. The Balaban J connectivity index is 1.47. The van der Waals surface area contributed by atoms with E-state index in [1.165, 1.54) is 29.3 Å². The number of hydrogen-bond donors (Lipinski definition) is 1. The molecule has 2 aromatic rings. The van der Waals surface area contributed by atoms with Crippen LogP contribution < -0.4 is 5.32 Å².